The molecule has 1 heterocycles. The van der Waals surface area contributed by atoms with Gasteiger partial charge in [-0.2, -0.15) is 0 Å². The van der Waals surface area contributed by atoms with E-state index >= 15 is 0 Å². The first kappa shape index (κ1) is 10.9. The van der Waals surface area contributed by atoms with Crippen molar-refractivity contribution in [1.82, 2.24) is 0 Å². The van der Waals surface area contributed by atoms with E-state index in [1.807, 2.05) is 0 Å². The molecule has 14 heavy (non-hydrogen) atoms. The first-order valence-corrected chi connectivity index (χ1v) is 4.40. The van der Waals surface area contributed by atoms with Crippen molar-refractivity contribution in [2.75, 3.05) is 6.61 Å². The molecule has 0 aromatic carbocycles. The van der Waals surface area contributed by atoms with Crippen LogP contribution in [0.4, 0.5) is 0 Å². The Labute approximate surface area is 81.5 Å². The fourth-order valence-electron chi connectivity index (χ4n) is 1.04. The van der Waals surface area contributed by atoms with Gasteiger partial charge in [0.1, 0.15) is 18.2 Å². The lowest BCUT2D eigenvalue weighted by atomic mass is 10.2. The number of ether oxygens (including phenoxy) is 2. The van der Waals surface area contributed by atoms with E-state index < -0.39 is 30.1 Å². The molecule has 0 aromatic rings. The molecule has 0 radical (unpaired) electrons. The predicted octanol–water partition coefficient (Wildman–Crippen LogP) is -1.48. The van der Waals surface area contributed by atoms with Crippen LogP contribution in [0.3, 0.4) is 0 Å². The summed E-state index contributed by atoms with van der Waals surface area (Å²) in [5.74, 6) is -1.12. The summed E-state index contributed by atoms with van der Waals surface area (Å²) < 4.78 is 9.66. The second kappa shape index (κ2) is 4.39. The second-order valence-electron chi connectivity index (χ2n) is 3.23. The number of carbonyl (C=O) groups is 2. The van der Waals surface area contributed by atoms with Crippen LogP contribution in [0.25, 0.3) is 0 Å². The van der Waals surface area contributed by atoms with Gasteiger partial charge in [0.25, 0.3) is 0 Å². The van der Waals surface area contributed by atoms with Crippen molar-refractivity contribution >= 4 is 11.9 Å². The normalized spacial score (nSPS) is 34.9. The van der Waals surface area contributed by atoms with Crippen LogP contribution in [-0.2, 0) is 19.1 Å². The summed E-state index contributed by atoms with van der Waals surface area (Å²) in [5, 5.41) is 0. The molecule has 80 valence electrons. The molecule has 0 unspecified atom stereocenters. The van der Waals surface area contributed by atoms with Crippen LogP contribution in [0.15, 0.2) is 0 Å². The minimum atomic E-state index is -0.941. The maximum Gasteiger partial charge on any atom is 0.326 e. The topological polar surface area (TPSA) is 105 Å². The van der Waals surface area contributed by atoms with E-state index in [0.717, 1.165) is 0 Å². The molecule has 1 rings (SSSR count). The second-order valence-corrected chi connectivity index (χ2v) is 3.23. The first-order valence-electron chi connectivity index (χ1n) is 4.40. The average Bonchev–Trinajstić information content (AvgIpc) is 2.17. The third kappa shape index (κ3) is 2.43. The Morgan fingerprint density at radius 3 is 2.57 bits per heavy atom. The van der Waals surface area contributed by atoms with Crippen molar-refractivity contribution in [3.05, 3.63) is 0 Å². The number of carbonyl (C=O) groups excluding carboxylic acids is 2. The molecule has 0 aliphatic carbocycles. The van der Waals surface area contributed by atoms with Gasteiger partial charge in [0.2, 0.25) is 0 Å². The standard InChI is InChI=1S/C8H14N2O4/c1-4-6(10)8(12)13-3-2-5(9)7(11)14-4/h4-6H,2-3,9-10H2,1H3/t4-,5+,6+/m1/s1. The molecule has 0 spiro atoms. The summed E-state index contributed by atoms with van der Waals surface area (Å²) in [7, 11) is 0. The lowest BCUT2D eigenvalue weighted by molar-refractivity contribution is -0.153. The Hall–Kier alpha value is -1.14. The monoisotopic (exact) mass is 202 g/mol. The summed E-state index contributed by atoms with van der Waals surface area (Å²) in [5.41, 5.74) is 10.9. The van der Waals surface area contributed by atoms with Gasteiger partial charge in [-0.1, -0.05) is 0 Å². The fraction of sp³-hybridized carbons (Fsp3) is 0.750. The van der Waals surface area contributed by atoms with Gasteiger partial charge in [0, 0.05) is 6.42 Å². The number of esters is 2. The summed E-state index contributed by atoms with van der Waals surface area (Å²) in [6, 6.07) is -1.69. The number of hydrogen-bond donors (Lipinski definition) is 2. The number of rotatable bonds is 0. The molecule has 1 aliphatic heterocycles. The van der Waals surface area contributed by atoms with Gasteiger partial charge in [0.15, 0.2) is 0 Å². The van der Waals surface area contributed by atoms with Crippen LogP contribution in [0, 0.1) is 0 Å². The number of cyclic esters (lactones) is 2. The average molecular weight is 202 g/mol. The van der Waals surface area contributed by atoms with Gasteiger partial charge in [-0.3, -0.25) is 9.59 Å². The van der Waals surface area contributed by atoms with Gasteiger partial charge >= 0.3 is 11.9 Å². The SMILES string of the molecule is C[C@H]1OC(=O)[C@@H](N)CCOC(=O)[C@H]1N. The highest BCUT2D eigenvalue weighted by molar-refractivity contribution is 5.79. The van der Waals surface area contributed by atoms with E-state index in [1.165, 1.54) is 6.92 Å². The Morgan fingerprint density at radius 2 is 1.93 bits per heavy atom. The maximum absolute atomic E-state index is 11.2. The van der Waals surface area contributed by atoms with E-state index in [-0.39, 0.29) is 13.0 Å². The Bertz CT molecular complexity index is 243. The van der Waals surface area contributed by atoms with Crippen LogP contribution in [0.1, 0.15) is 13.3 Å². The zero-order chi connectivity index (χ0) is 10.7. The molecule has 4 N–H and O–H groups in total. The molecule has 3 atom stereocenters. The summed E-state index contributed by atoms with van der Waals surface area (Å²) in [6.07, 6.45) is -0.455. The zero-order valence-corrected chi connectivity index (χ0v) is 7.93. The summed E-state index contributed by atoms with van der Waals surface area (Å²) in [6.45, 7) is 1.62. The minimum absolute atomic E-state index is 0.0928. The van der Waals surface area contributed by atoms with Crippen LogP contribution in [0.5, 0.6) is 0 Å². The van der Waals surface area contributed by atoms with E-state index in [9.17, 15) is 9.59 Å². The lowest BCUT2D eigenvalue weighted by Gasteiger charge is -2.17. The van der Waals surface area contributed by atoms with Crippen molar-refractivity contribution in [1.29, 1.82) is 0 Å². The summed E-state index contributed by atoms with van der Waals surface area (Å²) in [4.78, 5) is 22.4. The third-order valence-corrected chi connectivity index (χ3v) is 2.06. The highest BCUT2D eigenvalue weighted by atomic mass is 16.6. The molecule has 1 saturated heterocycles. The molecular weight excluding hydrogens is 188 g/mol. The van der Waals surface area contributed by atoms with E-state index in [1.54, 1.807) is 0 Å². The van der Waals surface area contributed by atoms with Crippen molar-refractivity contribution in [3.8, 4) is 0 Å². The van der Waals surface area contributed by atoms with E-state index in [4.69, 9.17) is 20.9 Å². The Kier molecular flexibility index (Phi) is 3.43. The Morgan fingerprint density at radius 1 is 1.29 bits per heavy atom. The molecular formula is C8H14N2O4. The highest BCUT2D eigenvalue weighted by Gasteiger charge is 2.29. The highest BCUT2D eigenvalue weighted by Crippen LogP contribution is 2.06. The van der Waals surface area contributed by atoms with Crippen molar-refractivity contribution in [2.24, 2.45) is 11.5 Å². The van der Waals surface area contributed by atoms with Gasteiger partial charge in [-0.25, -0.2) is 0 Å². The fourth-order valence-corrected chi connectivity index (χ4v) is 1.04. The quantitative estimate of drug-likeness (QED) is 0.464. The van der Waals surface area contributed by atoms with E-state index in [2.05, 4.69) is 0 Å². The Balaban J connectivity index is 2.71. The molecule has 0 bridgehead atoms. The van der Waals surface area contributed by atoms with Gasteiger partial charge in [-0.05, 0) is 6.92 Å². The molecule has 6 nitrogen and oxygen atoms in total. The largest absolute Gasteiger partial charge is 0.464 e. The molecule has 0 amide bonds. The van der Waals surface area contributed by atoms with Crippen molar-refractivity contribution in [2.45, 2.75) is 31.5 Å². The van der Waals surface area contributed by atoms with Crippen LogP contribution < -0.4 is 11.5 Å². The number of nitrogens with two attached hydrogens (primary N) is 2. The van der Waals surface area contributed by atoms with Crippen LogP contribution in [-0.4, -0.2) is 36.7 Å². The van der Waals surface area contributed by atoms with Gasteiger partial charge in [0.05, 0.1) is 6.61 Å². The molecule has 6 heteroatoms. The van der Waals surface area contributed by atoms with E-state index in [0.29, 0.717) is 0 Å². The molecule has 0 aromatic heterocycles. The lowest BCUT2D eigenvalue weighted by Crippen LogP contribution is -2.44. The first-order chi connectivity index (χ1) is 6.52. The third-order valence-electron chi connectivity index (χ3n) is 2.06. The molecule has 0 saturated carbocycles. The van der Waals surface area contributed by atoms with Crippen LogP contribution in [0.2, 0.25) is 0 Å². The maximum atomic E-state index is 11.2. The minimum Gasteiger partial charge on any atom is -0.464 e. The molecule has 1 aliphatic rings. The predicted molar refractivity (Wildman–Crippen MR) is 47.1 cm³/mol. The number of hydrogen-bond acceptors (Lipinski definition) is 6. The van der Waals surface area contributed by atoms with Gasteiger partial charge < -0.3 is 20.9 Å². The molecule has 1 fully saturated rings. The van der Waals surface area contributed by atoms with Crippen molar-refractivity contribution < 1.29 is 19.1 Å². The smallest absolute Gasteiger partial charge is 0.326 e. The van der Waals surface area contributed by atoms with Crippen LogP contribution >= 0.6 is 0 Å². The summed E-state index contributed by atoms with van der Waals surface area (Å²) >= 11 is 0. The zero-order valence-electron chi connectivity index (χ0n) is 7.93. The van der Waals surface area contributed by atoms with Gasteiger partial charge in [-0.15, -0.1) is 0 Å². The van der Waals surface area contributed by atoms with Crippen molar-refractivity contribution in [3.63, 3.8) is 0 Å².